The Morgan fingerprint density at radius 3 is 1.96 bits per heavy atom. The van der Waals surface area contributed by atoms with Gasteiger partial charge < -0.3 is 29.6 Å². The summed E-state index contributed by atoms with van der Waals surface area (Å²) in [5, 5.41) is 6.48. The topological polar surface area (TPSA) is 121 Å². The van der Waals surface area contributed by atoms with E-state index in [1.165, 1.54) is 0 Å². The van der Waals surface area contributed by atoms with Crippen LogP contribution in [-0.4, -0.2) is 90.8 Å². The van der Waals surface area contributed by atoms with Crippen LogP contribution >= 0.6 is 11.6 Å². The molecule has 3 amide bonds. The van der Waals surface area contributed by atoms with Crippen LogP contribution in [0, 0.1) is 6.92 Å². The van der Waals surface area contributed by atoms with Gasteiger partial charge in [0.15, 0.2) is 11.6 Å². The molecular formula is C37H44ClN9O3. The summed E-state index contributed by atoms with van der Waals surface area (Å²) in [6.45, 7) is 8.38. The molecule has 2 aromatic carbocycles. The number of anilines is 2. The van der Waals surface area contributed by atoms with Crippen molar-refractivity contribution in [3.8, 4) is 11.1 Å². The molecule has 1 saturated heterocycles. The molecule has 262 valence electrons. The third kappa shape index (κ3) is 6.31. The van der Waals surface area contributed by atoms with Crippen LogP contribution in [0.5, 0.6) is 0 Å². The molecule has 0 atom stereocenters. The average Bonchev–Trinajstić information content (AvgIpc) is 3.62. The van der Waals surface area contributed by atoms with Crippen molar-refractivity contribution in [2.75, 3.05) is 43.9 Å². The van der Waals surface area contributed by atoms with E-state index in [2.05, 4.69) is 25.4 Å². The van der Waals surface area contributed by atoms with Gasteiger partial charge in [-0.3, -0.25) is 19.3 Å². The number of imidazole rings is 2. The summed E-state index contributed by atoms with van der Waals surface area (Å²) < 4.78 is 3.79. The number of hydrogen-bond acceptors (Lipinski definition) is 7. The molecule has 3 aliphatic heterocycles. The van der Waals surface area contributed by atoms with Crippen LogP contribution in [0.4, 0.5) is 11.4 Å². The highest BCUT2D eigenvalue weighted by molar-refractivity contribution is 6.36. The van der Waals surface area contributed by atoms with Gasteiger partial charge in [-0.1, -0.05) is 35.9 Å². The first-order valence-corrected chi connectivity index (χ1v) is 17.7. The van der Waals surface area contributed by atoms with E-state index in [1.807, 2.05) is 72.4 Å². The zero-order valence-corrected chi connectivity index (χ0v) is 30.1. The lowest BCUT2D eigenvalue weighted by Gasteiger charge is -2.39. The van der Waals surface area contributed by atoms with E-state index in [4.69, 9.17) is 16.6 Å². The van der Waals surface area contributed by atoms with Crippen LogP contribution in [0.3, 0.4) is 0 Å². The van der Waals surface area contributed by atoms with Crippen LogP contribution in [-0.2, 0) is 44.8 Å². The number of likely N-dealkylation sites (tertiary alicyclic amines) is 1. The predicted molar refractivity (Wildman–Crippen MR) is 193 cm³/mol. The van der Waals surface area contributed by atoms with E-state index in [-0.39, 0.29) is 17.7 Å². The van der Waals surface area contributed by atoms with Crippen molar-refractivity contribution in [2.24, 2.45) is 14.1 Å². The van der Waals surface area contributed by atoms with Gasteiger partial charge in [-0.15, -0.1) is 0 Å². The standard InChI is InChI=1S/C37H44ClN9O3/c1-22-25(26-9-7-11-28(33(26)38)42-37(50)35-39-29-20-43(3)16-14-31(29)44(35)4)8-6-10-27(22)41-36(49)34-40-30-21-47(19-15-32(30)45(34)5)24-12-17-46(18-13-24)23(2)48/h6-11,24H,12-21H2,1-5H3,(H,41,49)(H,42,50). The molecule has 0 bridgehead atoms. The second-order valence-electron chi connectivity index (χ2n) is 13.8. The highest BCUT2D eigenvalue weighted by atomic mass is 35.5. The molecule has 0 spiro atoms. The molecule has 2 N–H and O–H groups in total. The summed E-state index contributed by atoms with van der Waals surface area (Å²) in [7, 11) is 5.83. The highest BCUT2D eigenvalue weighted by Crippen LogP contribution is 2.38. The number of carbonyl (C=O) groups is 3. The van der Waals surface area contributed by atoms with Crippen LogP contribution < -0.4 is 10.6 Å². The first kappa shape index (κ1) is 34.0. The van der Waals surface area contributed by atoms with Gasteiger partial charge in [0.1, 0.15) is 0 Å². The van der Waals surface area contributed by atoms with Crippen molar-refractivity contribution >= 4 is 40.7 Å². The van der Waals surface area contributed by atoms with E-state index in [0.29, 0.717) is 47.2 Å². The fraction of sp³-hybridized carbons (Fsp3) is 0.432. The minimum atomic E-state index is -0.319. The number of carbonyl (C=O) groups excluding carboxylic acids is 3. The number of nitrogens with one attached hydrogen (secondary N) is 2. The van der Waals surface area contributed by atoms with Crippen molar-refractivity contribution in [3.05, 3.63) is 81.4 Å². The maximum absolute atomic E-state index is 13.7. The number of halogens is 1. The summed E-state index contributed by atoms with van der Waals surface area (Å²) in [5.41, 5.74) is 7.59. The molecule has 3 aliphatic rings. The zero-order chi connectivity index (χ0) is 35.3. The van der Waals surface area contributed by atoms with Crippen LogP contribution in [0.25, 0.3) is 11.1 Å². The average molecular weight is 698 g/mol. The number of hydrogen-bond donors (Lipinski definition) is 2. The fourth-order valence-electron chi connectivity index (χ4n) is 7.73. The lowest BCUT2D eigenvalue weighted by atomic mass is 9.98. The minimum Gasteiger partial charge on any atom is -0.343 e. The zero-order valence-electron chi connectivity index (χ0n) is 29.3. The first-order chi connectivity index (χ1) is 24.0. The molecule has 7 rings (SSSR count). The molecule has 0 unspecified atom stereocenters. The molecule has 4 aromatic rings. The SMILES string of the molecule is CC(=O)N1CCC(N2CCc3c(nc(C(=O)Nc4cccc(-c5cccc(NC(=O)c6nc7c(n6C)CCN(C)C7)c5Cl)c4C)n3C)C2)CC1. The van der Waals surface area contributed by atoms with Gasteiger partial charge >= 0.3 is 0 Å². The number of nitrogens with zero attached hydrogens (tertiary/aromatic N) is 7. The summed E-state index contributed by atoms with van der Waals surface area (Å²) in [6, 6.07) is 11.7. The van der Waals surface area contributed by atoms with Gasteiger partial charge in [0.05, 0.1) is 22.1 Å². The summed E-state index contributed by atoms with van der Waals surface area (Å²) >= 11 is 6.96. The number of aromatic nitrogens is 4. The lowest BCUT2D eigenvalue weighted by molar-refractivity contribution is -0.130. The van der Waals surface area contributed by atoms with E-state index in [0.717, 1.165) is 91.3 Å². The number of likely N-dealkylation sites (N-methyl/N-ethyl adjacent to an activating group) is 1. The summed E-state index contributed by atoms with van der Waals surface area (Å²) in [4.78, 5) is 54.9. The molecule has 13 heteroatoms. The Morgan fingerprint density at radius 2 is 1.32 bits per heavy atom. The normalized spacial score (nSPS) is 17.0. The molecule has 0 saturated carbocycles. The Bertz CT molecular complexity index is 1990. The van der Waals surface area contributed by atoms with Crippen molar-refractivity contribution in [1.82, 2.24) is 33.8 Å². The highest BCUT2D eigenvalue weighted by Gasteiger charge is 2.32. The van der Waals surface area contributed by atoms with Gasteiger partial charge in [-0.05, 0) is 50.1 Å². The minimum absolute atomic E-state index is 0.137. The number of fused-ring (bicyclic) bond motifs is 2. The molecule has 1 fully saturated rings. The van der Waals surface area contributed by atoms with Crippen molar-refractivity contribution in [2.45, 2.75) is 58.7 Å². The van der Waals surface area contributed by atoms with E-state index in [1.54, 1.807) is 13.0 Å². The molecule has 50 heavy (non-hydrogen) atoms. The third-order valence-electron chi connectivity index (χ3n) is 10.7. The maximum atomic E-state index is 13.7. The Labute approximate surface area is 297 Å². The summed E-state index contributed by atoms with van der Waals surface area (Å²) in [5.74, 6) is 0.267. The number of piperidine rings is 1. The Balaban J connectivity index is 1.06. The van der Waals surface area contributed by atoms with Crippen molar-refractivity contribution in [1.29, 1.82) is 0 Å². The maximum Gasteiger partial charge on any atom is 0.291 e. The Hall–Kier alpha value is -4.52. The smallest absolute Gasteiger partial charge is 0.291 e. The van der Waals surface area contributed by atoms with Crippen LogP contribution in [0.15, 0.2) is 36.4 Å². The van der Waals surface area contributed by atoms with E-state index in [9.17, 15) is 14.4 Å². The molecule has 0 radical (unpaired) electrons. The number of amides is 3. The van der Waals surface area contributed by atoms with Crippen molar-refractivity contribution in [3.63, 3.8) is 0 Å². The van der Waals surface area contributed by atoms with Gasteiger partial charge in [-0.25, -0.2) is 9.97 Å². The predicted octanol–water partition coefficient (Wildman–Crippen LogP) is 4.64. The summed E-state index contributed by atoms with van der Waals surface area (Å²) in [6.07, 6.45) is 3.57. The van der Waals surface area contributed by atoms with Crippen LogP contribution in [0.2, 0.25) is 5.02 Å². The first-order valence-electron chi connectivity index (χ1n) is 17.3. The second-order valence-corrected chi connectivity index (χ2v) is 14.2. The van der Waals surface area contributed by atoms with E-state index >= 15 is 0 Å². The second kappa shape index (κ2) is 13.7. The molecule has 5 heterocycles. The van der Waals surface area contributed by atoms with Gasteiger partial charge in [-0.2, -0.15) is 0 Å². The molecular weight excluding hydrogens is 654 g/mol. The third-order valence-corrected chi connectivity index (χ3v) is 11.1. The van der Waals surface area contributed by atoms with Gasteiger partial charge in [0.25, 0.3) is 11.8 Å². The molecule has 12 nitrogen and oxygen atoms in total. The number of rotatable bonds is 6. The molecule has 0 aliphatic carbocycles. The Morgan fingerprint density at radius 1 is 0.760 bits per heavy atom. The monoisotopic (exact) mass is 697 g/mol. The Kier molecular flexibility index (Phi) is 9.27. The number of benzene rings is 2. The quantitative estimate of drug-likeness (QED) is 0.301. The fourth-order valence-corrected chi connectivity index (χ4v) is 8.00. The van der Waals surface area contributed by atoms with E-state index < -0.39 is 0 Å². The van der Waals surface area contributed by atoms with Crippen molar-refractivity contribution < 1.29 is 14.4 Å². The van der Waals surface area contributed by atoms with Gasteiger partial charge in [0.2, 0.25) is 5.91 Å². The largest absolute Gasteiger partial charge is 0.343 e. The molecule has 2 aromatic heterocycles. The van der Waals surface area contributed by atoms with Gasteiger partial charge in [0, 0.05) is 102 Å². The van der Waals surface area contributed by atoms with Crippen LogP contribution in [0.1, 0.15) is 69.3 Å². The lowest BCUT2D eigenvalue weighted by Crippen LogP contribution is -2.47.